The van der Waals surface area contributed by atoms with E-state index in [1.54, 1.807) is 0 Å². The van der Waals surface area contributed by atoms with Crippen LogP contribution in [-0.4, -0.2) is 17.3 Å². The summed E-state index contributed by atoms with van der Waals surface area (Å²) in [6, 6.07) is -0.116. The Morgan fingerprint density at radius 2 is 1.55 bits per heavy atom. The highest BCUT2D eigenvalue weighted by atomic mass is 16.3. The lowest BCUT2D eigenvalue weighted by Crippen LogP contribution is -2.46. The Labute approximate surface area is 69.8 Å². The van der Waals surface area contributed by atoms with Crippen LogP contribution in [0.1, 0.15) is 34.6 Å². The topological polar surface area (TPSA) is 46.2 Å². The molecule has 0 saturated carbocycles. The van der Waals surface area contributed by atoms with Gasteiger partial charge in [-0.2, -0.15) is 0 Å². The Morgan fingerprint density at radius 1 is 1.18 bits per heavy atom. The van der Waals surface area contributed by atoms with Crippen LogP contribution in [0.15, 0.2) is 0 Å². The molecule has 0 aliphatic carbocycles. The van der Waals surface area contributed by atoms with Crippen molar-refractivity contribution in [3.05, 3.63) is 0 Å². The molecule has 11 heavy (non-hydrogen) atoms. The molecule has 0 fully saturated rings. The van der Waals surface area contributed by atoms with Gasteiger partial charge in [0.25, 0.3) is 0 Å². The van der Waals surface area contributed by atoms with Crippen LogP contribution in [0.3, 0.4) is 0 Å². The quantitative estimate of drug-likeness (QED) is 0.639. The third kappa shape index (κ3) is 3.21. The van der Waals surface area contributed by atoms with Crippen LogP contribution >= 0.6 is 0 Å². The molecule has 2 atom stereocenters. The average molecular weight is 159 g/mol. The maximum absolute atomic E-state index is 9.70. The van der Waals surface area contributed by atoms with E-state index in [0.717, 1.165) is 0 Å². The van der Waals surface area contributed by atoms with Gasteiger partial charge in [-0.05, 0) is 11.3 Å². The molecule has 68 valence electrons. The highest BCUT2D eigenvalue weighted by molar-refractivity contribution is 4.83. The molecular formula is C9H21NO. The zero-order valence-corrected chi connectivity index (χ0v) is 8.26. The summed E-state index contributed by atoms with van der Waals surface area (Å²) in [5.41, 5.74) is 5.69. The van der Waals surface area contributed by atoms with Crippen LogP contribution in [0.5, 0.6) is 0 Å². The van der Waals surface area contributed by atoms with Crippen LogP contribution in [0, 0.1) is 11.3 Å². The summed E-state index contributed by atoms with van der Waals surface area (Å²) in [5.74, 6) is 0.337. The molecule has 3 N–H and O–H groups in total. The van der Waals surface area contributed by atoms with Crippen molar-refractivity contribution in [1.29, 1.82) is 0 Å². The van der Waals surface area contributed by atoms with E-state index in [2.05, 4.69) is 0 Å². The fourth-order valence-corrected chi connectivity index (χ4v) is 0.942. The SMILES string of the molecule is CC(C)C(N)C(O)C(C)(C)C. The van der Waals surface area contributed by atoms with Crippen molar-refractivity contribution in [2.75, 3.05) is 0 Å². The molecule has 0 amide bonds. The van der Waals surface area contributed by atoms with Gasteiger partial charge >= 0.3 is 0 Å². The van der Waals surface area contributed by atoms with Crippen molar-refractivity contribution in [3.8, 4) is 0 Å². The Bertz CT molecular complexity index is 115. The van der Waals surface area contributed by atoms with Crippen LogP contribution in [0.4, 0.5) is 0 Å². The summed E-state index contributed by atoms with van der Waals surface area (Å²) >= 11 is 0. The fourth-order valence-electron chi connectivity index (χ4n) is 0.942. The van der Waals surface area contributed by atoms with E-state index >= 15 is 0 Å². The molecule has 2 heteroatoms. The fraction of sp³-hybridized carbons (Fsp3) is 1.00. The molecule has 2 nitrogen and oxygen atoms in total. The highest BCUT2D eigenvalue weighted by Crippen LogP contribution is 2.23. The third-order valence-electron chi connectivity index (χ3n) is 2.02. The Hall–Kier alpha value is -0.0800. The standard InChI is InChI=1S/C9H21NO/c1-6(2)7(10)8(11)9(3,4)5/h6-8,11H,10H2,1-5H3. The Morgan fingerprint density at radius 3 is 1.64 bits per heavy atom. The van der Waals surface area contributed by atoms with Gasteiger partial charge < -0.3 is 10.8 Å². The van der Waals surface area contributed by atoms with E-state index in [1.807, 2.05) is 34.6 Å². The van der Waals surface area contributed by atoms with Crippen LogP contribution in [-0.2, 0) is 0 Å². The molecule has 0 aromatic rings. The van der Waals surface area contributed by atoms with Crippen molar-refractivity contribution in [1.82, 2.24) is 0 Å². The molecular weight excluding hydrogens is 138 g/mol. The molecule has 0 aromatic carbocycles. The lowest BCUT2D eigenvalue weighted by atomic mass is 9.81. The van der Waals surface area contributed by atoms with Crippen molar-refractivity contribution < 1.29 is 5.11 Å². The van der Waals surface area contributed by atoms with Crippen molar-refractivity contribution in [2.24, 2.45) is 17.1 Å². The van der Waals surface area contributed by atoms with Gasteiger partial charge in [0.2, 0.25) is 0 Å². The number of aliphatic hydroxyl groups is 1. The highest BCUT2D eigenvalue weighted by Gasteiger charge is 2.29. The van der Waals surface area contributed by atoms with Crippen LogP contribution < -0.4 is 5.73 Å². The smallest absolute Gasteiger partial charge is 0.0741 e. The van der Waals surface area contributed by atoms with Crippen molar-refractivity contribution >= 4 is 0 Å². The van der Waals surface area contributed by atoms with Crippen LogP contribution in [0.25, 0.3) is 0 Å². The first-order valence-corrected chi connectivity index (χ1v) is 4.20. The maximum Gasteiger partial charge on any atom is 0.0741 e. The van der Waals surface area contributed by atoms with E-state index in [9.17, 15) is 5.11 Å². The number of hydrogen-bond acceptors (Lipinski definition) is 2. The van der Waals surface area contributed by atoms with E-state index in [-0.39, 0.29) is 11.5 Å². The monoisotopic (exact) mass is 159 g/mol. The minimum atomic E-state index is -0.414. The lowest BCUT2D eigenvalue weighted by Gasteiger charge is -2.32. The molecule has 0 aliphatic rings. The molecule has 0 bridgehead atoms. The molecule has 0 radical (unpaired) electrons. The van der Waals surface area contributed by atoms with Gasteiger partial charge in [0.05, 0.1) is 6.10 Å². The second-order valence-electron chi connectivity index (χ2n) is 4.63. The first kappa shape index (κ1) is 10.9. The average Bonchev–Trinajstić information content (AvgIpc) is 1.82. The predicted octanol–water partition coefficient (Wildman–Crippen LogP) is 1.38. The summed E-state index contributed by atoms with van der Waals surface area (Å²) in [7, 11) is 0. The zero-order valence-electron chi connectivity index (χ0n) is 8.26. The first-order valence-electron chi connectivity index (χ1n) is 4.20. The van der Waals surface area contributed by atoms with Crippen LogP contribution in [0.2, 0.25) is 0 Å². The van der Waals surface area contributed by atoms with Gasteiger partial charge in [0.1, 0.15) is 0 Å². The van der Waals surface area contributed by atoms with Gasteiger partial charge in [-0.3, -0.25) is 0 Å². The summed E-state index contributed by atoms with van der Waals surface area (Å²) in [5, 5.41) is 9.70. The minimum absolute atomic E-state index is 0.107. The number of rotatable bonds is 2. The van der Waals surface area contributed by atoms with Crippen molar-refractivity contribution in [3.63, 3.8) is 0 Å². The lowest BCUT2D eigenvalue weighted by molar-refractivity contribution is 0.0276. The Balaban J connectivity index is 4.13. The molecule has 0 aliphatic heterocycles. The summed E-state index contributed by atoms with van der Waals surface area (Å²) in [4.78, 5) is 0. The molecule has 2 unspecified atom stereocenters. The normalized spacial score (nSPS) is 18.5. The summed E-state index contributed by atoms with van der Waals surface area (Å²) in [6.07, 6.45) is -0.414. The van der Waals surface area contributed by atoms with Gasteiger partial charge in [-0.15, -0.1) is 0 Å². The molecule has 0 rings (SSSR count). The maximum atomic E-state index is 9.70. The summed E-state index contributed by atoms with van der Waals surface area (Å²) < 4.78 is 0. The second kappa shape index (κ2) is 3.55. The third-order valence-corrected chi connectivity index (χ3v) is 2.02. The largest absolute Gasteiger partial charge is 0.391 e. The first-order chi connectivity index (χ1) is 4.76. The van der Waals surface area contributed by atoms with Gasteiger partial charge in [-0.25, -0.2) is 0 Å². The van der Waals surface area contributed by atoms with E-state index in [1.165, 1.54) is 0 Å². The predicted molar refractivity (Wildman–Crippen MR) is 48.3 cm³/mol. The van der Waals surface area contributed by atoms with E-state index in [0.29, 0.717) is 5.92 Å². The van der Waals surface area contributed by atoms with Gasteiger partial charge in [-0.1, -0.05) is 34.6 Å². The zero-order chi connectivity index (χ0) is 9.23. The summed E-state index contributed by atoms with van der Waals surface area (Å²) in [6.45, 7) is 10.1. The molecule has 0 saturated heterocycles. The number of nitrogens with two attached hydrogens (primary N) is 1. The molecule has 0 spiro atoms. The second-order valence-corrected chi connectivity index (χ2v) is 4.63. The number of aliphatic hydroxyl groups excluding tert-OH is 1. The van der Waals surface area contributed by atoms with Crippen molar-refractivity contribution in [2.45, 2.75) is 46.8 Å². The molecule has 0 heterocycles. The van der Waals surface area contributed by atoms with Gasteiger partial charge in [0.15, 0.2) is 0 Å². The molecule has 0 aromatic heterocycles. The Kier molecular flexibility index (Phi) is 3.52. The number of hydrogen-bond donors (Lipinski definition) is 2. The van der Waals surface area contributed by atoms with E-state index in [4.69, 9.17) is 5.73 Å². The van der Waals surface area contributed by atoms with E-state index < -0.39 is 6.10 Å². The van der Waals surface area contributed by atoms with Gasteiger partial charge in [0, 0.05) is 6.04 Å². The minimum Gasteiger partial charge on any atom is -0.391 e.